The number of carbonyl (C=O) groups excluding carboxylic acids is 1. The minimum atomic E-state index is -0.0964. The molecule has 0 radical (unpaired) electrons. The Morgan fingerprint density at radius 2 is 2.05 bits per heavy atom. The van der Waals surface area contributed by atoms with Crippen molar-refractivity contribution in [3.8, 4) is 0 Å². The number of halogens is 1. The molecule has 0 heterocycles. The fraction of sp³-hybridized carbons (Fsp3) is 0.533. The van der Waals surface area contributed by atoms with Gasteiger partial charge in [-0.25, -0.2) is 0 Å². The maximum atomic E-state index is 12.2. The first-order valence-corrected chi connectivity index (χ1v) is 7.21. The summed E-state index contributed by atoms with van der Waals surface area (Å²) in [6, 6.07) is 5.25. The van der Waals surface area contributed by atoms with Crippen LogP contribution in [0.2, 0.25) is 5.02 Å². The molecule has 4 heteroatoms. The van der Waals surface area contributed by atoms with Crippen molar-refractivity contribution < 1.29 is 4.79 Å². The Labute approximate surface area is 119 Å². The zero-order valence-corrected chi connectivity index (χ0v) is 12.2. The number of carbonyl (C=O) groups is 1. The van der Waals surface area contributed by atoms with E-state index in [-0.39, 0.29) is 11.9 Å². The third-order valence-corrected chi connectivity index (χ3v) is 4.43. The van der Waals surface area contributed by atoms with E-state index in [1.54, 1.807) is 18.2 Å². The Hall–Kier alpha value is -1.22. The summed E-state index contributed by atoms with van der Waals surface area (Å²) in [5, 5.41) is 3.63. The Balaban J connectivity index is 2.01. The molecule has 0 aromatic heterocycles. The first-order valence-electron chi connectivity index (χ1n) is 6.83. The number of nitrogens with two attached hydrogens (primary N) is 1. The van der Waals surface area contributed by atoms with Gasteiger partial charge in [0.2, 0.25) is 0 Å². The van der Waals surface area contributed by atoms with E-state index in [1.165, 1.54) is 6.42 Å². The van der Waals surface area contributed by atoms with Gasteiger partial charge in [0.25, 0.3) is 5.91 Å². The van der Waals surface area contributed by atoms with Crippen molar-refractivity contribution >= 4 is 23.2 Å². The lowest BCUT2D eigenvalue weighted by atomic mass is 9.79. The second-order valence-electron chi connectivity index (χ2n) is 5.67. The minimum absolute atomic E-state index is 0.0964. The summed E-state index contributed by atoms with van der Waals surface area (Å²) in [4.78, 5) is 12.2. The molecule has 3 unspecified atom stereocenters. The van der Waals surface area contributed by atoms with Crippen LogP contribution in [0.25, 0.3) is 0 Å². The maximum absolute atomic E-state index is 12.2. The third-order valence-electron chi connectivity index (χ3n) is 4.19. The Kier molecular flexibility index (Phi) is 4.35. The molecule has 19 heavy (non-hydrogen) atoms. The number of benzene rings is 1. The Morgan fingerprint density at radius 1 is 1.32 bits per heavy atom. The van der Waals surface area contributed by atoms with Gasteiger partial charge in [-0.2, -0.15) is 0 Å². The summed E-state index contributed by atoms with van der Waals surface area (Å²) in [5.41, 5.74) is 6.77. The largest absolute Gasteiger partial charge is 0.398 e. The van der Waals surface area contributed by atoms with Crippen LogP contribution in [0.15, 0.2) is 18.2 Å². The number of hydrogen-bond acceptors (Lipinski definition) is 2. The van der Waals surface area contributed by atoms with E-state index in [1.807, 2.05) is 0 Å². The normalized spacial score (nSPS) is 27.0. The fourth-order valence-electron chi connectivity index (χ4n) is 2.68. The highest BCUT2D eigenvalue weighted by Gasteiger charge is 2.26. The predicted molar refractivity (Wildman–Crippen MR) is 79.3 cm³/mol. The lowest BCUT2D eigenvalue weighted by Crippen LogP contribution is -2.40. The molecule has 0 aliphatic heterocycles. The second kappa shape index (κ2) is 5.83. The van der Waals surface area contributed by atoms with E-state index < -0.39 is 0 Å². The van der Waals surface area contributed by atoms with Crippen molar-refractivity contribution in [3.63, 3.8) is 0 Å². The molecule has 0 saturated heterocycles. The predicted octanol–water partition coefficient (Wildman–Crippen LogP) is 3.48. The minimum Gasteiger partial charge on any atom is -0.398 e. The fourth-order valence-corrected chi connectivity index (χ4v) is 2.86. The van der Waals surface area contributed by atoms with Crippen LogP contribution in [0.4, 0.5) is 5.69 Å². The lowest BCUT2D eigenvalue weighted by molar-refractivity contribution is 0.0911. The van der Waals surface area contributed by atoms with Gasteiger partial charge in [-0.3, -0.25) is 4.79 Å². The molecule has 0 bridgehead atoms. The molecule has 1 aromatic rings. The van der Waals surface area contributed by atoms with Gasteiger partial charge in [0.1, 0.15) is 0 Å². The van der Waals surface area contributed by atoms with Crippen molar-refractivity contribution in [1.29, 1.82) is 0 Å². The second-order valence-corrected chi connectivity index (χ2v) is 6.11. The van der Waals surface area contributed by atoms with Crippen LogP contribution in [-0.4, -0.2) is 11.9 Å². The number of amides is 1. The van der Waals surface area contributed by atoms with Crippen LogP contribution in [0.3, 0.4) is 0 Å². The molecule has 1 aliphatic carbocycles. The summed E-state index contributed by atoms with van der Waals surface area (Å²) in [5.74, 6) is 1.30. The molecule has 3 nitrogen and oxygen atoms in total. The number of anilines is 1. The molecule has 2 rings (SSSR count). The Morgan fingerprint density at radius 3 is 2.68 bits per heavy atom. The summed E-state index contributed by atoms with van der Waals surface area (Å²) >= 11 is 5.84. The van der Waals surface area contributed by atoms with Crippen molar-refractivity contribution in [3.05, 3.63) is 28.8 Å². The molecular weight excluding hydrogens is 260 g/mol. The van der Waals surface area contributed by atoms with Crippen LogP contribution in [0.1, 0.15) is 43.5 Å². The van der Waals surface area contributed by atoms with Crippen LogP contribution < -0.4 is 11.1 Å². The van der Waals surface area contributed by atoms with Crippen LogP contribution in [-0.2, 0) is 0 Å². The molecule has 1 fully saturated rings. The maximum Gasteiger partial charge on any atom is 0.253 e. The smallest absolute Gasteiger partial charge is 0.253 e. The summed E-state index contributed by atoms with van der Waals surface area (Å²) in [7, 11) is 0. The van der Waals surface area contributed by atoms with Crippen molar-refractivity contribution in [1.82, 2.24) is 5.32 Å². The van der Waals surface area contributed by atoms with E-state index in [0.717, 1.165) is 18.8 Å². The van der Waals surface area contributed by atoms with E-state index in [2.05, 4.69) is 19.2 Å². The summed E-state index contributed by atoms with van der Waals surface area (Å²) in [6.45, 7) is 4.53. The highest BCUT2D eigenvalue weighted by Crippen LogP contribution is 2.29. The average Bonchev–Trinajstić information content (AvgIpc) is 2.33. The average molecular weight is 281 g/mol. The molecule has 0 spiro atoms. The molecule has 1 amide bonds. The highest BCUT2D eigenvalue weighted by molar-refractivity contribution is 6.31. The van der Waals surface area contributed by atoms with E-state index in [4.69, 9.17) is 17.3 Å². The van der Waals surface area contributed by atoms with Gasteiger partial charge >= 0.3 is 0 Å². The van der Waals surface area contributed by atoms with E-state index in [9.17, 15) is 4.79 Å². The van der Waals surface area contributed by atoms with Gasteiger partial charge in [0.05, 0.1) is 5.56 Å². The van der Waals surface area contributed by atoms with Crippen LogP contribution >= 0.6 is 11.6 Å². The number of rotatable bonds is 2. The molecule has 104 valence electrons. The van der Waals surface area contributed by atoms with Crippen molar-refractivity contribution in [2.45, 2.75) is 39.2 Å². The first kappa shape index (κ1) is 14.2. The molecular formula is C15H21ClN2O. The van der Waals surface area contributed by atoms with Crippen molar-refractivity contribution in [2.24, 2.45) is 11.8 Å². The quantitative estimate of drug-likeness (QED) is 0.815. The van der Waals surface area contributed by atoms with E-state index in [0.29, 0.717) is 22.2 Å². The lowest BCUT2D eigenvalue weighted by Gasteiger charge is -2.32. The molecule has 1 aromatic carbocycles. The Bertz CT molecular complexity index is 475. The van der Waals surface area contributed by atoms with Crippen molar-refractivity contribution in [2.75, 3.05) is 5.73 Å². The van der Waals surface area contributed by atoms with Gasteiger partial charge in [0, 0.05) is 16.8 Å². The third kappa shape index (κ3) is 3.41. The number of hydrogen-bond donors (Lipinski definition) is 2. The molecule has 1 aliphatic rings. The molecule has 3 atom stereocenters. The van der Waals surface area contributed by atoms with Crippen LogP contribution in [0.5, 0.6) is 0 Å². The van der Waals surface area contributed by atoms with Crippen LogP contribution in [0, 0.1) is 11.8 Å². The SMILES string of the molecule is CC1CCC(NC(=O)c2ccc(Cl)cc2N)CC1C. The number of nitrogens with one attached hydrogen (secondary N) is 1. The van der Waals surface area contributed by atoms with Gasteiger partial charge in [-0.15, -0.1) is 0 Å². The zero-order valence-electron chi connectivity index (χ0n) is 11.4. The number of nitrogen functional groups attached to an aromatic ring is 1. The van der Waals surface area contributed by atoms with E-state index >= 15 is 0 Å². The zero-order chi connectivity index (χ0) is 14.0. The topological polar surface area (TPSA) is 55.1 Å². The first-order chi connectivity index (χ1) is 8.97. The summed E-state index contributed by atoms with van der Waals surface area (Å²) in [6.07, 6.45) is 3.26. The monoisotopic (exact) mass is 280 g/mol. The molecule has 1 saturated carbocycles. The summed E-state index contributed by atoms with van der Waals surface area (Å²) < 4.78 is 0. The highest BCUT2D eigenvalue weighted by atomic mass is 35.5. The van der Waals surface area contributed by atoms with Gasteiger partial charge in [-0.1, -0.05) is 25.4 Å². The standard InChI is InChI=1S/C15H21ClN2O/c1-9-3-5-12(7-10(9)2)18-15(19)13-6-4-11(16)8-14(13)17/h4,6,8-10,12H,3,5,7,17H2,1-2H3,(H,18,19). The van der Waals surface area contributed by atoms with Gasteiger partial charge in [0.15, 0.2) is 0 Å². The molecule has 3 N–H and O–H groups in total. The van der Waals surface area contributed by atoms with Gasteiger partial charge < -0.3 is 11.1 Å². The van der Waals surface area contributed by atoms with Gasteiger partial charge in [-0.05, 0) is 49.3 Å².